The monoisotopic (exact) mass is 369 g/mol. The Morgan fingerprint density at radius 1 is 1.00 bits per heavy atom. The van der Waals surface area contributed by atoms with Gasteiger partial charge in [-0.25, -0.2) is 9.97 Å². The van der Waals surface area contributed by atoms with Gasteiger partial charge in [-0.15, -0.1) is 0 Å². The molecule has 0 aliphatic rings. The largest absolute Gasteiger partial charge is 0.493 e. The van der Waals surface area contributed by atoms with E-state index in [1.54, 1.807) is 0 Å². The average molecular weight is 370 g/mol. The molecule has 3 rings (SSSR count). The lowest BCUT2D eigenvalue weighted by molar-refractivity contribution is 0.303. The van der Waals surface area contributed by atoms with Gasteiger partial charge in [0.2, 0.25) is 5.95 Å². The fraction of sp³-hybridized carbons (Fsp3) is 0.333. The summed E-state index contributed by atoms with van der Waals surface area (Å²) < 4.78 is 5.84. The van der Waals surface area contributed by atoms with Crippen LogP contribution < -0.4 is 10.5 Å². The molecule has 1 aromatic heterocycles. The summed E-state index contributed by atoms with van der Waals surface area (Å²) in [7, 11) is 0. The fourth-order valence-electron chi connectivity index (χ4n) is 3.02. The topological polar surface area (TPSA) is 61.0 Å². The van der Waals surface area contributed by atoms with E-state index in [2.05, 4.69) is 23.0 Å². The highest BCUT2D eigenvalue weighted by Crippen LogP contribution is 2.23. The van der Waals surface area contributed by atoms with Crippen LogP contribution in [0.15, 0.2) is 42.5 Å². The molecule has 0 aliphatic carbocycles. The molecule has 0 amide bonds. The average Bonchev–Trinajstić information content (AvgIpc) is 2.62. The number of benzene rings is 2. The third-order valence-electron chi connectivity index (χ3n) is 4.41. The molecule has 2 N–H and O–H groups in total. The van der Waals surface area contributed by atoms with Gasteiger partial charge < -0.3 is 10.5 Å². The van der Waals surface area contributed by atoms with Crippen LogP contribution in [0.4, 0.5) is 5.95 Å². The van der Waals surface area contributed by atoms with Crippen LogP contribution in [-0.4, -0.2) is 16.6 Å². The number of rotatable bonds is 8. The second-order valence-electron chi connectivity index (χ2n) is 6.47. The number of hydrogen-bond donors (Lipinski definition) is 1. The van der Waals surface area contributed by atoms with Gasteiger partial charge in [-0.1, -0.05) is 42.6 Å². The lowest BCUT2D eigenvalue weighted by Gasteiger charge is -2.09. The lowest BCUT2D eigenvalue weighted by atomic mass is 10.1. The molecule has 0 saturated carbocycles. The van der Waals surface area contributed by atoms with Crippen molar-refractivity contribution in [3.05, 3.63) is 58.7 Å². The maximum absolute atomic E-state index is 6.11. The van der Waals surface area contributed by atoms with Crippen LogP contribution in [0.5, 0.6) is 5.75 Å². The van der Waals surface area contributed by atoms with E-state index in [1.165, 1.54) is 5.56 Å². The molecule has 0 atom stereocenters. The molecular formula is C21H24ClN3O. The predicted molar refractivity (Wildman–Crippen MR) is 108 cm³/mol. The third kappa shape index (κ3) is 4.85. The van der Waals surface area contributed by atoms with Gasteiger partial charge in [0.1, 0.15) is 5.75 Å². The van der Waals surface area contributed by atoms with Gasteiger partial charge in [0.15, 0.2) is 0 Å². The van der Waals surface area contributed by atoms with Crippen molar-refractivity contribution in [2.45, 2.75) is 39.0 Å². The molecule has 0 spiro atoms. The first-order valence-corrected chi connectivity index (χ1v) is 9.41. The number of anilines is 1. The molecule has 136 valence electrons. The Labute approximate surface area is 159 Å². The summed E-state index contributed by atoms with van der Waals surface area (Å²) in [6, 6.07) is 13.8. The predicted octanol–water partition coefficient (Wildman–Crippen LogP) is 5.36. The van der Waals surface area contributed by atoms with E-state index in [-0.39, 0.29) is 0 Å². The number of nitrogens with zero attached hydrogens (tertiary/aromatic N) is 2. The molecule has 26 heavy (non-hydrogen) atoms. The van der Waals surface area contributed by atoms with Crippen molar-refractivity contribution in [3.8, 4) is 5.75 Å². The number of nitrogen functional groups attached to an aromatic ring is 1. The first-order chi connectivity index (χ1) is 12.6. The number of halogens is 1. The summed E-state index contributed by atoms with van der Waals surface area (Å²) in [6.07, 6.45) is 5.24. The Balaban J connectivity index is 1.45. The Morgan fingerprint density at radius 2 is 1.81 bits per heavy atom. The molecule has 1 heterocycles. The summed E-state index contributed by atoms with van der Waals surface area (Å²) >= 11 is 6.11. The third-order valence-corrected chi connectivity index (χ3v) is 4.65. The van der Waals surface area contributed by atoms with E-state index in [4.69, 9.17) is 22.1 Å². The van der Waals surface area contributed by atoms with Crippen molar-refractivity contribution >= 4 is 28.5 Å². The van der Waals surface area contributed by atoms with E-state index in [9.17, 15) is 0 Å². The SMILES string of the molecule is Cc1ccccc1OCCCCCCc1nc(N)nc2ccc(Cl)cc12. The maximum atomic E-state index is 6.11. The summed E-state index contributed by atoms with van der Waals surface area (Å²) in [4.78, 5) is 8.68. The molecule has 0 radical (unpaired) electrons. The Hall–Kier alpha value is -2.33. The number of aromatic nitrogens is 2. The minimum Gasteiger partial charge on any atom is -0.493 e. The van der Waals surface area contributed by atoms with Gasteiger partial charge in [0.05, 0.1) is 17.8 Å². The van der Waals surface area contributed by atoms with Crippen molar-refractivity contribution in [1.29, 1.82) is 0 Å². The highest BCUT2D eigenvalue weighted by molar-refractivity contribution is 6.31. The zero-order valence-electron chi connectivity index (χ0n) is 15.0. The van der Waals surface area contributed by atoms with Crippen molar-refractivity contribution < 1.29 is 4.74 Å². The van der Waals surface area contributed by atoms with E-state index >= 15 is 0 Å². The van der Waals surface area contributed by atoms with Crippen LogP contribution in [-0.2, 0) is 6.42 Å². The standard InChI is InChI=1S/C21H24ClN3O/c1-15-8-5-6-10-20(15)26-13-7-3-2-4-9-18-17-14-16(22)11-12-19(17)25-21(23)24-18/h5-6,8,10-12,14H,2-4,7,9,13H2,1H3,(H2,23,24,25). The normalized spacial score (nSPS) is 11.0. The smallest absolute Gasteiger partial charge is 0.220 e. The van der Waals surface area contributed by atoms with Crippen molar-refractivity contribution in [2.75, 3.05) is 12.3 Å². The molecule has 0 fully saturated rings. The number of unbranched alkanes of at least 4 members (excludes halogenated alkanes) is 3. The number of hydrogen-bond acceptors (Lipinski definition) is 4. The Bertz CT molecular complexity index is 882. The minimum absolute atomic E-state index is 0.321. The van der Waals surface area contributed by atoms with Gasteiger partial charge in [-0.3, -0.25) is 0 Å². The van der Waals surface area contributed by atoms with Crippen LogP contribution in [0.25, 0.3) is 10.9 Å². The van der Waals surface area contributed by atoms with Crippen LogP contribution in [0, 0.1) is 6.92 Å². The van der Waals surface area contributed by atoms with E-state index < -0.39 is 0 Å². The molecule has 0 saturated heterocycles. The van der Waals surface area contributed by atoms with Crippen LogP contribution in [0.2, 0.25) is 5.02 Å². The Kier molecular flexibility index (Phi) is 6.29. The molecule has 0 aliphatic heterocycles. The van der Waals surface area contributed by atoms with Gasteiger partial charge in [0, 0.05) is 10.4 Å². The highest BCUT2D eigenvalue weighted by Gasteiger charge is 2.07. The zero-order valence-corrected chi connectivity index (χ0v) is 15.8. The van der Waals surface area contributed by atoms with Gasteiger partial charge in [-0.2, -0.15) is 0 Å². The number of nitrogens with two attached hydrogens (primary N) is 1. The second kappa shape index (κ2) is 8.86. The van der Waals surface area contributed by atoms with Crippen molar-refractivity contribution in [1.82, 2.24) is 9.97 Å². The van der Waals surface area contributed by atoms with E-state index in [0.717, 1.165) is 61.1 Å². The molecule has 0 unspecified atom stereocenters. The number of fused-ring (bicyclic) bond motifs is 1. The van der Waals surface area contributed by atoms with Crippen LogP contribution in [0.1, 0.15) is 36.9 Å². The zero-order chi connectivity index (χ0) is 18.4. The molecular weight excluding hydrogens is 346 g/mol. The highest BCUT2D eigenvalue weighted by atomic mass is 35.5. The van der Waals surface area contributed by atoms with Gasteiger partial charge in [-0.05, 0) is 56.0 Å². The number of ether oxygens (including phenoxy) is 1. The first kappa shape index (κ1) is 18.5. The summed E-state index contributed by atoms with van der Waals surface area (Å²) in [5.41, 5.74) is 8.84. The molecule has 5 heteroatoms. The molecule has 0 bridgehead atoms. The molecule has 3 aromatic rings. The quantitative estimate of drug-likeness (QED) is 0.543. The van der Waals surface area contributed by atoms with Gasteiger partial charge in [0.25, 0.3) is 0 Å². The Morgan fingerprint density at radius 3 is 2.65 bits per heavy atom. The van der Waals surface area contributed by atoms with Crippen LogP contribution in [0.3, 0.4) is 0 Å². The van der Waals surface area contributed by atoms with Crippen molar-refractivity contribution in [3.63, 3.8) is 0 Å². The summed E-state index contributed by atoms with van der Waals surface area (Å²) in [5, 5.41) is 1.69. The second-order valence-corrected chi connectivity index (χ2v) is 6.90. The molecule has 2 aromatic carbocycles. The minimum atomic E-state index is 0.321. The number of para-hydroxylation sites is 1. The lowest BCUT2D eigenvalue weighted by Crippen LogP contribution is -2.02. The fourth-order valence-corrected chi connectivity index (χ4v) is 3.20. The van der Waals surface area contributed by atoms with Crippen molar-refractivity contribution in [2.24, 2.45) is 0 Å². The van der Waals surface area contributed by atoms with Crippen LogP contribution >= 0.6 is 11.6 Å². The van der Waals surface area contributed by atoms with E-state index in [0.29, 0.717) is 11.0 Å². The van der Waals surface area contributed by atoms with E-state index in [1.807, 2.05) is 36.4 Å². The van der Waals surface area contributed by atoms with Gasteiger partial charge >= 0.3 is 0 Å². The maximum Gasteiger partial charge on any atom is 0.220 e. The number of aryl methyl sites for hydroxylation is 2. The summed E-state index contributed by atoms with van der Waals surface area (Å²) in [6.45, 7) is 2.82. The molecule has 4 nitrogen and oxygen atoms in total. The first-order valence-electron chi connectivity index (χ1n) is 9.03. The summed E-state index contributed by atoms with van der Waals surface area (Å²) in [5.74, 6) is 1.30.